The second kappa shape index (κ2) is 5.38. The van der Waals surface area contributed by atoms with Gasteiger partial charge in [-0.05, 0) is 6.54 Å². The van der Waals surface area contributed by atoms with Gasteiger partial charge in [0.05, 0.1) is 6.54 Å². The first kappa shape index (κ1) is 15.0. The highest BCUT2D eigenvalue weighted by molar-refractivity contribution is 9.09. The molecule has 1 unspecified atom stereocenters. The second-order valence-corrected chi connectivity index (χ2v) is 4.06. The van der Waals surface area contributed by atoms with E-state index in [2.05, 4.69) is 15.9 Å². The zero-order valence-electron chi connectivity index (χ0n) is 7.79. The largest absolute Gasteiger partial charge is 0.402 e. The lowest BCUT2D eigenvalue weighted by Gasteiger charge is -2.25. The van der Waals surface area contributed by atoms with Gasteiger partial charge >= 0.3 is 12.4 Å². The molecule has 1 atom stereocenters. The standard InChI is InChI=1S/C7H10BrF6N/c1-2-15(4-6(9,10)11)3-5(8)7(12,13)14/h5H,2-4H2,1H3. The molecule has 0 heterocycles. The molecule has 0 fully saturated rings. The molecule has 0 N–H and O–H groups in total. The Morgan fingerprint density at radius 2 is 1.60 bits per heavy atom. The fourth-order valence-corrected chi connectivity index (χ4v) is 1.30. The van der Waals surface area contributed by atoms with E-state index in [1.807, 2.05) is 0 Å². The summed E-state index contributed by atoms with van der Waals surface area (Å²) in [5, 5.41) is 0. The molecule has 0 bridgehead atoms. The van der Waals surface area contributed by atoms with Gasteiger partial charge in [-0.3, -0.25) is 4.90 Å². The molecule has 0 spiro atoms. The third-order valence-electron chi connectivity index (χ3n) is 1.62. The summed E-state index contributed by atoms with van der Waals surface area (Å²) >= 11 is 2.31. The van der Waals surface area contributed by atoms with Gasteiger partial charge in [-0.1, -0.05) is 22.9 Å². The maximum Gasteiger partial charge on any atom is 0.402 e. The van der Waals surface area contributed by atoms with E-state index in [-0.39, 0.29) is 6.54 Å². The lowest BCUT2D eigenvalue weighted by Crippen LogP contribution is -2.41. The zero-order valence-corrected chi connectivity index (χ0v) is 9.38. The lowest BCUT2D eigenvalue weighted by molar-refractivity contribution is -0.156. The summed E-state index contributed by atoms with van der Waals surface area (Å²) in [6.45, 7) is -0.749. The van der Waals surface area contributed by atoms with E-state index >= 15 is 0 Å². The maximum atomic E-state index is 12.0. The third kappa shape index (κ3) is 6.99. The summed E-state index contributed by atoms with van der Waals surface area (Å²) in [7, 11) is 0. The summed E-state index contributed by atoms with van der Waals surface area (Å²) in [4.78, 5) is -1.25. The number of hydrogen-bond acceptors (Lipinski definition) is 1. The highest BCUT2D eigenvalue weighted by atomic mass is 79.9. The molecule has 8 heteroatoms. The van der Waals surface area contributed by atoms with E-state index < -0.39 is 30.3 Å². The van der Waals surface area contributed by atoms with Crippen molar-refractivity contribution < 1.29 is 26.3 Å². The summed E-state index contributed by atoms with van der Waals surface area (Å²) in [6, 6.07) is 0. The van der Waals surface area contributed by atoms with Crippen LogP contribution in [0.3, 0.4) is 0 Å². The Balaban J connectivity index is 4.23. The van der Waals surface area contributed by atoms with E-state index in [9.17, 15) is 26.3 Å². The van der Waals surface area contributed by atoms with E-state index in [1.165, 1.54) is 6.92 Å². The van der Waals surface area contributed by atoms with Crippen LogP contribution in [0.4, 0.5) is 26.3 Å². The number of halogens is 7. The molecule has 0 aromatic rings. The molecule has 92 valence electrons. The minimum atomic E-state index is -4.53. The van der Waals surface area contributed by atoms with Crippen molar-refractivity contribution in [2.45, 2.75) is 24.1 Å². The van der Waals surface area contributed by atoms with Gasteiger partial charge in [0, 0.05) is 6.54 Å². The van der Waals surface area contributed by atoms with Crippen molar-refractivity contribution in [2.75, 3.05) is 19.6 Å². The van der Waals surface area contributed by atoms with Crippen LogP contribution in [0.25, 0.3) is 0 Å². The van der Waals surface area contributed by atoms with Crippen LogP contribution in [0, 0.1) is 0 Å². The Labute approximate surface area is 91.5 Å². The molecule has 0 aliphatic carbocycles. The van der Waals surface area contributed by atoms with Crippen LogP contribution >= 0.6 is 15.9 Å². The molecule has 0 aliphatic heterocycles. The Hall–Kier alpha value is 0.0200. The van der Waals surface area contributed by atoms with Gasteiger partial charge in [-0.2, -0.15) is 26.3 Å². The molecular weight excluding hydrogens is 292 g/mol. The zero-order chi connectivity index (χ0) is 12.3. The molecular formula is C7H10BrF6N. The van der Waals surface area contributed by atoms with Gasteiger partial charge in [-0.25, -0.2) is 0 Å². The van der Waals surface area contributed by atoms with Crippen LogP contribution in [0.15, 0.2) is 0 Å². The Morgan fingerprint density at radius 1 is 1.13 bits per heavy atom. The average Bonchev–Trinajstić information content (AvgIpc) is 1.98. The average molecular weight is 302 g/mol. The Bertz CT molecular complexity index is 189. The normalized spacial score (nSPS) is 15.8. The van der Waals surface area contributed by atoms with Gasteiger partial charge in [0.15, 0.2) is 0 Å². The molecule has 0 aromatic heterocycles. The number of alkyl halides is 7. The fourth-order valence-electron chi connectivity index (χ4n) is 0.889. The van der Waals surface area contributed by atoms with E-state index in [4.69, 9.17) is 0 Å². The van der Waals surface area contributed by atoms with Gasteiger partial charge in [0.1, 0.15) is 4.83 Å². The minimum Gasteiger partial charge on any atom is -0.294 e. The van der Waals surface area contributed by atoms with Crippen LogP contribution in [0.2, 0.25) is 0 Å². The quantitative estimate of drug-likeness (QED) is 0.569. The van der Waals surface area contributed by atoms with Gasteiger partial charge in [0.2, 0.25) is 0 Å². The molecule has 0 saturated heterocycles. The van der Waals surface area contributed by atoms with Crippen LogP contribution in [0.5, 0.6) is 0 Å². The summed E-state index contributed by atoms with van der Waals surface area (Å²) < 4.78 is 71.8. The molecule has 15 heavy (non-hydrogen) atoms. The first-order valence-corrected chi connectivity index (χ1v) is 4.97. The lowest BCUT2D eigenvalue weighted by atomic mass is 10.3. The van der Waals surface area contributed by atoms with Crippen molar-refractivity contribution in [3.05, 3.63) is 0 Å². The number of nitrogens with zero attached hydrogens (tertiary/aromatic N) is 1. The van der Waals surface area contributed by atoms with Crippen molar-refractivity contribution in [1.82, 2.24) is 4.90 Å². The molecule has 0 aliphatic rings. The number of hydrogen-bond donors (Lipinski definition) is 0. The summed E-state index contributed by atoms with van der Waals surface area (Å²) in [5.74, 6) is 0. The van der Waals surface area contributed by atoms with Gasteiger partial charge < -0.3 is 0 Å². The Kier molecular flexibility index (Phi) is 5.39. The van der Waals surface area contributed by atoms with Crippen molar-refractivity contribution in [3.8, 4) is 0 Å². The monoisotopic (exact) mass is 301 g/mol. The second-order valence-electron chi connectivity index (χ2n) is 2.95. The van der Waals surface area contributed by atoms with Crippen LogP contribution in [-0.4, -0.2) is 41.7 Å². The predicted molar refractivity (Wildman–Crippen MR) is 46.9 cm³/mol. The fraction of sp³-hybridized carbons (Fsp3) is 1.00. The topological polar surface area (TPSA) is 3.24 Å². The first-order valence-electron chi connectivity index (χ1n) is 4.06. The van der Waals surface area contributed by atoms with Crippen molar-refractivity contribution in [3.63, 3.8) is 0 Å². The third-order valence-corrected chi connectivity index (χ3v) is 2.43. The first-order chi connectivity index (χ1) is 6.56. The molecule has 0 radical (unpaired) electrons. The van der Waals surface area contributed by atoms with Crippen molar-refractivity contribution in [2.24, 2.45) is 0 Å². The Morgan fingerprint density at radius 3 is 1.87 bits per heavy atom. The van der Waals surface area contributed by atoms with Crippen molar-refractivity contribution in [1.29, 1.82) is 0 Å². The van der Waals surface area contributed by atoms with Gasteiger partial charge in [0.25, 0.3) is 0 Å². The maximum absolute atomic E-state index is 12.0. The highest BCUT2D eigenvalue weighted by Crippen LogP contribution is 2.27. The van der Waals surface area contributed by atoms with Crippen molar-refractivity contribution >= 4 is 15.9 Å². The molecule has 0 rings (SSSR count). The smallest absolute Gasteiger partial charge is 0.294 e. The van der Waals surface area contributed by atoms with E-state index in [0.717, 1.165) is 0 Å². The molecule has 0 amide bonds. The SMILES string of the molecule is CCN(CC(Br)C(F)(F)F)CC(F)(F)F. The van der Waals surface area contributed by atoms with E-state index in [0.29, 0.717) is 4.90 Å². The molecule has 1 nitrogen and oxygen atoms in total. The summed E-state index contributed by atoms with van der Waals surface area (Å²) in [6.07, 6.45) is -9.01. The van der Waals surface area contributed by atoms with Crippen LogP contribution in [-0.2, 0) is 0 Å². The van der Waals surface area contributed by atoms with Gasteiger partial charge in [-0.15, -0.1) is 0 Å². The van der Waals surface area contributed by atoms with Crippen LogP contribution in [0.1, 0.15) is 6.92 Å². The predicted octanol–water partition coefficient (Wildman–Crippen LogP) is 3.20. The van der Waals surface area contributed by atoms with E-state index in [1.54, 1.807) is 0 Å². The minimum absolute atomic E-state index is 0.0856. The number of rotatable bonds is 4. The summed E-state index contributed by atoms with van der Waals surface area (Å²) in [5.41, 5.74) is 0. The highest BCUT2D eigenvalue weighted by Gasteiger charge is 2.40. The molecule has 0 aromatic carbocycles. The molecule has 0 saturated carbocycles. The van der Waals surface area contributed by atoms with Crippen LogP contribution < -0.4 is 0 Å².